The Kier molecular flexibility index (Phi) is 12.2. The molecule has 0 aliphatic heterocycles. The van der Waals surface area contributed by atoms with Crippen molar-refractivity contribution >= 4 is 17.9 Å². The molecule has 7 nitrogen and oxygen atoms in total. The average Bonchev–Trinajstić information content (AvgIpc) is 2.97. The van der Waals surface area contributed by atoms with Crippen molar-refractivity contribution < 1.29 is 33.3 Å². The molecule has 3 aromatic rings. The van der Waals surface area contributed by atoms with Gasteiger partial charge in [-0.3, -0.25) is 0 Å². The first-order chi connectivity index (χ1) is 19.8. The quantitative estimate of drug-likeness (QED) is 0.0833. The van der Waals surface area contributed by atoms with Crippen LogP contribution in [-0.4, -0.2) is 31.1 Å². The number of unbranched alkanes of at least 4 members (excludes halogenated alkanes) is 3. The SMILES string of the molecule is C=CC(=O)OCCCCOc1ccc(C(=O)Oc2ccc(C(=O)Oc3ccc(CCCCC)cc3)cc2C)cc1C. The standard InChI is InChI=1S/C34H38O7/c1-5-7-8-11-26-12-16-29(17-13-26)40-33(36)27-15-19-31(25(4)23-27)41-34(37)28-14-18-30(24(3)22-28)38-20-9-10-21-39-32(35)6-2/h6,12-19,22-23H,2,5,7-11,20-21H2,1,3-4H3. The van der Waals surface area contributed by atoms with Crippen molar-refractivity contribution in [1.29, 1.82) is 0 Å². The Labute approximate surface area is 242 Å². The van der Waals surface area contributed by atoms with Crippen molar-refractivity contribution in [2.75, 3.05) is 13.2 Å². The van der Waals surface area contributed by atoms with E-state index in [1.165, 1.54) is 18.4 Å². The van der Waals surface area contributed by atoms with Crippen LogP contribution in [0, 0.1) is 13.8 Å². The number of hydrogen-bond donors (Lipinski definition) is 0. The minimum absolute atomic E-state index is 0.312. The fourth-order valence-corrected chi connectivity index (χ4v) is 4.08. The molecule has 0 radical (unpaired) electrons. The second-order valence-electron chi connectivity index (χ2n) is 9.77. The van der Waals surface area contributed by atoms with Gasteiger partial charge in [0.05, 0.1) is 24.3 Å². The normalized spacial score (nSPS) is 10.5. The van der Waals surface area contributed by atoms with Gasteiger partial charge in [-0.15, -0.1) is 0 Å². The van der Waals surface area contributed by atoms with Gasteiger partial charge >= 0.3 is 17.9 Å². The molecule has 0 saturated carbocycles. The molecule has 0 unspecified atom stereocenters. The summed E-state index contributed by atoms with van der Waals surface area (Å²) in [5.41, 5.74) is 3.40. The Morgan fingerprint density at radius 1 is 0.732 bits per heavy atom. The van der Waals surface area contributed by atoms with Gasteiger partial charge in [0.15, 0.2) is 0 Å². The first-order valence-corrected chi connectivity index (χ1v) is 14.0. The molecular formula is C34H38O7. The number of ether oxygens (including phenoxy) is 4. The van der Waals surface area contributed by atoms with E-state index in [0.717, 1.165) is 24.5 Å². The van der Waals surface area contributed by atoms with Gasteiger partial charge in [0.1, 0.15) is 17.2 Å². The molecule has 0 spiro atoms. The Bertz CT molecular complexity index is 1340. The van der Waals surface area contributed by atoms with Crippen LogP contribution in [0.25, 0.3) is 0 Å². The van der Waals surface area contributed by atoms with Crippen LogP contribution in [-0.2, 0) is 16.0 Å². The van der Waals surface area contributed by atoms with Crippen molar-refractivity contribution in [1.82, 2.24) is 0 Å². The van der Waals surface area contributed by atoms with E-state index in [2.05, 4.69) is 13.5 Å². The average molecular weight is 559 g/mol. The van der Waals surface area contributed by atoms with Crippen LogP contribution in [0.3, 0.4) is 0 Å². The van der Waals surface area contributed by atoms with E-state index >= 15 is 0 Å². The maximum absolute atomic E-state index is 12.8. The van der Waals surface area contributed by atoms with Crippen LogP contribution < -0.4 is 14.2 Å². The third-order valence-electron chi connectivity index (χ3n) is 6.43. The van der Waals surface area contributed by atoms with Crippen LogP contribution in [0.4, 0.5) is 0 Å². The van der Waals surface area contributed by atoms with Gasteiger partial charge < -0.3 is 18.9 Å². The third-order valence-corrected chi connectivity index (χ3v) is 6.43. The van der Waals surface area contributed by atoms with Gasteiger partial charge in [-0.05, 0) is 105 Å². The highest BCUT2D eigenvalue weighted by Crippen LogP contribution is 2.24. The zero-order valence-electron chi connectivity index (χ0n) is 24.1. The minimum atomic E-state index is -0.513. The molecule has 0 atom stereocenters. The summed E-state index contributed by atoms with van der Waals surface area (Å²) >= 11 is 0. The molecule has 0 fully saturated rings. The van der Waals surface area contributed by atoms with Crippen LogP contribution in [0.2, 0.25) is 0 Å². The van der Waals surface area contributed by atoms with Crippen molar-refractivity contribution in [2.45, 2.75) is 59.3 Å². The molecule has 216 valence electrons. The molecule has 7 heteroatoms. The van der Waals surface area contributed by atoms with E-state index in [4.69, 9.17) is 18.9 Å². The number of hydrogen-bond acceptors (Lipinski definition) is 7. The fraction of sp³-hybridized carbons (Fsp3) is 0.324. The fourth-order valence-electron chi connectivity index (χ4n) is 4.08. The van der Waals surface area contributed by atoms with Crippen molar-refractivity contribution in [3.63, 3.8) is 0 Å². The molecule has 3 aromatic carbocycles. The van der Waals surface area contributed by atoms with Gasteiger partial charge in [-0.2, -0.15) is 0 Å². The molecule has 0 aliphatic carbocycles. The smallest absolute Gasteiger partial charge is 0.343 e. The predicted octanol–water partition coefficient (Wildman–Crippen LogP) is 7.36. The van der Waals surface area contributed by atoms with Gasteiger partial charge in [0.25, 0.3) is 0 Å². The van der Waals surface area contributed by atoms with Crippen LogP contribution >= 0.6 is 0 Å². The van der Waals surface area contributed by atoms with E-state index in [1.54, 1.807) is 43.3 Å². The largest absolute Gasteiger partial charge is 0.493 e. The number of carbonyl (C=O) groups is 3. The van der Waals surface area contributed by atoms with E-state index in [1.807, 2.05) is 31.2 Å². The summed E-state index contributed by atoms with van der Waals surface area (Å²) < 4.78 is 21.9. The van der Waals surface area contributed by atoms with E-state index in [0.29, 0.717) is 60.0 Å². The first-order valence-electron chi connectivity index (χ1n) is 14.0. The summed E-state index contributed by atoms with van der Waals surface area (Å²) in [5, 5.41) is 0. The van der Waals surface area contributed by atoms with Crippen LogP contribution in [0.15, 0.2) is 73.3 Å². The zero-order chi connectivity index (χ0) is 29.6. The molecule has 3 rings (SSSR count). The Balaban J connectivity index is 1.51. The predicted molar refractivity (Wildman–Crippen MR) is 158 cm³/mol. The summed E-state index contributed by atoms with van der Waals surface area (Å²) in [6.45, 7) is 9.92. The minimum Gasteiger partial charge on any atom is -0.493 e. The molecule has 0 aliphatic rings. The second-order valence-corrected chi connectivity index (χ2v) is 9.77. The number of esters is 3. The van der Waals surface area contributed by atoms with Gasteiger partial charge in [-0.1, -0.05) is 38.5 Å². The molecule has 41 heavy (non-hydrogen) atoms. The molecule has 0 amide bonds. The molecule has 0 bridgehead atoms. The summed E-state index contributed by atoms with van der Waals surface area (Å²) in [7, 11) is 0. The molecule has 0 N–H and O–H groups in total. The zero-order valence-corrected chi connectivity index (χ0v) is 24.1. The van der Waals surface area contributed by atoms with Crippen molar-refractivity contribution in [3.05, 3.63) is 101 Å². The maximum atomic E-state index is 12.8. The summed E-state index contributed by atoms with van der Waals surface area (Å²) in [6, 6.07) is 17.5. The second kappa shape index (κ2) is 16.0. The lowest BCUT2D eigenvalue weighted by atomic mass is 10.1. The monoisotopic (exact) mass is 558 g/mol. The van der Waals surface area contributed by atoms with Crippen molar-refractivity contribution in [2.24, 2.45) is 0 Å². The first kappa shape index (κ1) is 31.1. The van der Waals surface area contributed by atoms with E-state index < -0.39 is 17.9 Å². The topological polar surface area (TPSA) is 88.1 Å². The van der Waals surface area contributed by atoms with Gasteiger partial charge in [-0.25, -0.2) is 14.4 Å². The number of benzene rings is 3. The summed E-state index contributed by atoms with van der Waals surface area (Å²) in [5.74, 6) is 0.0780. The van der Waals surface area contributed by atoms with Gasteiger partial charge in [0, 0.05) is 6.08 Å². The number of carbonyl (C=O) groups excluding carboxylic acids is 3. The Hall–Kier alpha value is -4.39. The maximum Gasteiger partial charge on any atom is 0.343 e. The Morgan fingerprint density at radius 2 is 1.34 bits per heavy atom. The number of aryl methyl sites for hydroxylation is 3. The lowest BCUT2D eigenvalue weighted by Gasteiger charge is -2.12. The van der Waals surface area contributed by atoms with Crippen LogP contribution in [0.5, 0.6) is 17.2 Å². The van der Waals surface area contributed by atoms with Crippen molar-refractivity contribution in [3.8, 4) is 17.2 Å². The van der Waals surface area contributed by atoms with E-state index in [9.17, 15) is 14.4 Å². The molecular weight excluding hydrogens is 520 g/mol. The third kappa shape index (κ3) is 9.94. The highest BCUT2D eigenvalue weighted by molar-refractivity contribution is 5.93. The highest BCUT2D eigenvalue weighted by atomic mass is 16.5. The lowest BCUT2D eigenvalue weighted by molar-refractivity contribution is -0.137. The summed E-state index contributed by atoms with van der Waals surface area (Å²) in [4.78, 5) is 36.5. The molecule has 0 aromatic heterocycles. The molecule has 0 heterocycles. The summed E-state index contributed by atoms with van der Waals surface area (Å²) in [6.07, 6.45) is 7.04. The molecule has 0 saturated heterocycles. The van der Waals surface area contributed by atoms with E-state index in [-0.39, 0.29) is 0 Å². The lowest BCUT2D eigenvalue weighted by Crippen LogP contribution is -2.12. The number of rotatable bonds is 15. The highest BCUT2D eigenvalue weighted by Gasteiger charge is 2.15. The van der Waals surface area contributed by atoms with Gasteiger partial charge in [0.2, 0.25) is 0 Å². The van der Waals surface area contributed by atoms with Crippen LogP contribution in [0.1, 0.15) is 76.4 Å². The Morgan fingerprint density at radius 3 is 1.95 bits per heavy atom.